The highest BCUT2D eigenvalue weighted by molar-refractivity contribution is 5.44. The van der Waals surface area contributed by atoms with Crippen LogP contribution in [-0.2, 0) is 5.60 Å². The molecule has 2 N–H and O–H groups in total. The summed E-state index contributed by atoms with van der Waals surface area (Å²) < 4.78 is 11.3. The summed E-state index contributed by atoms with van der Waals surface area (Å²) in [6, 6.07) is 5.70. The Kier molecular flexibility index (Phi) is 4.66. The van der Waals surface area contributed by atoms with Crippen molar-refractivity contribution >= 4 is 0 Å². The van der Waals surface area contributed by atoms with Crippen LogP contribution >= 0.6 is 0 Å². The maximum Gasteiger partial charge on any atom is 0.161 e. The van der Waals surface area contributed by atoms with Gasteiger partial charge < -0.3 is 19.9 Å². The smallest absolute Gasteiger partial charge is 0.161 e. The van der Waals surface area contributed by atoms with Crippen molar-refractivity contribution < 1.29 is 14.6 Å². The zero-order valence-electron chi connectivity index (χ0n) is 11.7. The summed E-state index contributed by atoms with van der Waals surface area (Å²) in [5.41, 5.74) is 0.0157. The second-order valence-corrected chi connectivity index (χ2v) is 5.09. The van der Waals surface area contributed by atoms with Crippen molar-refractivity contribution in [2.75, 3.05) is 26.3 Å². The number of benzene rings is 1. The molecule has 1 atom stereocenters. The first-order chi connectivity index (χ1) is 9.13. The molecule has 106 valence electrons. The Bertz CT molecular complexity index is 418. The average molecular weight is 265 g/mol. The largest absolute Gasteiger partial charge is 0.490 e. The number of rotatable bonds is 5. The molecule has 1 heterocycles. The number of hydrogen-bond donors (Lipinski definition) is 2. The molecule has 0 aliphatic carbocycles. The topological polar surface area (TPSA) is 50.7 Å². The number of ether oxygens (including phenoxy) is 2. The predicted molar refractivity (Wildman–Crippen MR) is 74.8 cm³/mol. The lowest BCUT2D eigenvalue weighted by atomic mass is 9.92. The first kappa shape index (κ1) is 14.2. The molecular weight excluding hydrogens is 242 g/mol. The fourth-order valence-electron chi connectivity index (χ4n) is 2.15. The quantitative estimate of drug-likeness (QED) is 0.800. The molecule has 0 bridgehead atoms. The molecule has 0 saturated heterocycles. The molecular formula is C15H23NO3. The molecule has 0 aromatic heterocycles. The standard InChI is InChI=1S/C15H23NO3/c1-3-16-8-7-15(2,17)12-5-6-13-14(11-12)19-10-4-9-18-13/h5-6,11,16-17H,3-4,7-10H2,1-2H3. The Morgan fingerprint density at radius 1 is 1.26 bits per heavy atom. The molecule has 1 aliphatic heterocycles. The number of hydrogen-bond acceptors (Lipinski definition) is 4. The van der Waals surface area contributed by atoms with Crippen molar-refractivity contribution in [3.8, 4) is 11.5 Å². The van der Waals surface area contributed by atoms with Gasteiger partial charge in [0.2, 0.25) is 0 Å². The van der Waals surface area contributed by atoms with Gasteiger partial charge in [0.05, 0.1) is 18.8 Å². The SMILES string of the molecule is CCNCCC(C)(O)c1ccc2c(c1)OCCCO2. The normalized spacial score (nSPS) is 17.6. The van der Waals surface area contributed by atoms with Crippen molar-refractivity contribution in [1.82, 2.24) is 5.32 Å². The monoisotopic (exact) mass is 265 g/mol. The lowest BCUT2D eigenvalue weighted by molar-refractivity contribution is 0.0479. The first-order valence-electron chi connectivity index (χ1n) is 6.97. The Morgan fingerprint density at radius 3 is 2.74 bits per heavy atom. The van der Waals surface area contributed by atoms with E-state index < -0.39 is 5.60 Å². The zero-order chi connectivity index (χ0) is 13.7. The van der Waals surface area contributed by atoms with Crippen LogP contribution in [0.2, 0.25) is 0 Å². The van der Waals surface area contributed by atoms with E-state index >= 15 is 0 Å². The predicted octanol–water partition coefficient (Wildman–Crippen LogP) is 2.05. The van der Waals surface area contributed by atoms with Crippen LogP contribution in [0.25, 0.3) is 0 Å². The minimum Gasteiger partial charge on any atom is -0.490 e. The fraction of sp³-hybridized carbons (Fsp3) is 0.600. The van der Waals surface area contributed by atoms with Crippen LogP contribution in [0.3, 0.4) is 0 Å². The minimum atomic E-state index is -0.854. The van der Waals surface area contributed by atoms with Gasteiger partial charge in [0, 0.05) is 6.42 Å². The highest BCUT2D eigenvalue weighted by Crippen LogP contribution is 2.35. The molecule has 0 fully saturated rings. The molecule has 2 rings (SSSR count). The van der Waals surface area contributed by atoms with E-state index in [1.54, 1.807) is 0 Å². The van der Waals surface area contributed by atoms with Crippen LogP contribution in [-0.4, -0.2) is 31.4 Å². The van der Waals surface area contributed by atoms with Crippen LogP contribution in [0.1, 0.15) is 32.3 Å². The highest BCUT2D eigenvalue weighted by Gasteiger charge is 2.24. The van der Waals surface area contributed by atoms with Gasteiger partial charge in [-0.3, -0.25) is 0 Å². The van der Waals surface area contributed by atoms with E-state index in [1.165, 1.54) is 0 Å². The average Bonchev–Trinajstić information content (AvgIpc) is 2.63. The van der Waals surface area contributed by atoms with Crippen LogP contribution < -0.4 is 14.8 Å². The third-order valence-corrected chi connectivity index (χ3v) is 3.41. The Hall–Kier alpha value is -1.26. The second-order valence-electron chi connectivity index (χ2n) is 5.09. The summed E-state index contributed by atoms with van der Waals surface area (Å²) in [5, 5.41) is 13.8. The van der Waals surface area contributed by atoms with Crippen LogP contribution in [0.4, 0.5) is 0 Å². The Balaban J connectivity index is 2.13. The fourth-order valence-corrected chi connectivity index (χ4v) is 2.15. The number of aliphatic hydroxyl groups is 1. The van der Waals surface area contributed by atoms with Gasteiger partial charge >= 0.3 is 0 Å². The summed E-state index contributed by atoms with van der Waals surface area (Å²) in [6.07, 6.45) is 1.56. The molecule has 1 aromatic carbocycles. The van der Waals surface area contributed by atoms with Crippen molar-refractivity contribution in [3.63, 3.8) is 0 Å². The summed E-state index contributed by atoms with van der Waals surface area (Å²) in [4.78, 5) is 0. The van der Waals surface area contributed by atoms with Gasteiger partial charge in [0.25, 0.3) is 0 Å². The molecule has 1 aromatic rings. The van der Waals surface area contributed by atoms with Crippen molar-refractivity contribution in [3.05, 3.63) is 23.8 Å². The van der Waals surface area contributed by atoms with Crippen LogP contribution in [0, 0.1) is 0 Å². The third-order valence-electron chi connectivity index (χ3n) is 3.41. The van der Waals surface area contributed by atoms with E-state index in [0.29, 0.717) is 19.6 Å². The van der Waals surface area contributed by atoms with Gasteiger partial charge in [0.1, 0.15) is 0 Å². The van der Waals surface area contributed by atoms with Crippen molar-refractivity contribution in [2.24, 2.45) is 0 Å². The molecule has 0 saturated carbocycles. The highest BCUT2D eigenvalue weighted by atomic mass is 16.5. The van der Waals surface area contributed by atoms with E-state index in [0.717, 1.165) is 36.6 Å². The maximum atomic E-state index is 10.5. The van der Waals surface area contributed by atoms with E-state index in [9.17, 15) is 5.11 Å². The van der Waals surface area contributed by atoms with Crippen LogP contribution in [0.5, 0.6) is 11.5 Å². The van der Waals surface area contributed by atoms with Gasteiger partial charge in [-0.05, 0) is 44.1 Å². The molecule has 4 nitrogen and oxygen atoms in total. The van der Waals surface area contributed by atoms with E-state index in [2.05, 4.69) is 12.2 Å². The van der Waals surface area contributed by atoms with Gasteiger partial charge in [-0.2, -0.15) is 0 Å². The van der Waals surface area contributed by atoms with E-state index in [-0.39, 0.29) is 0 Å². The van der Waals surface area contributed by atoms with Crippen molar-refractivity contribution in [1.29, 1.82) is 0 Å². The van der Waals surface area contributed by atoms with E-state index in [4.69, 9.17) is 9.47 Å². The zero-order valence-corrected chi connectivity index (χ0v) is 11.7. The van der Waals surface area contributed by atoms with Gasteiger partial charge in [-0.1, -0.05) is 13.0 Å². The lowest BCUT2D eigenvalue weighted by Crippen LogP contribution is -2.27. The molecule has 19 heavy (non-hydrogen) atoms. The Labute approximate surface area is 114 Å². The summed E-state index contributed by atoms with van der Waals surface area (Å²) in [7, 11) is 0. The second kappa shape index (κ2) is 6.26. The van der Waals surface area contributed by atoms with E-state index in [1.807, 2.05) is 25.1 Å². The molecule has 1 unspecified atom stereocenters. The summed E-state index contributed by atoms with van der Waals surface area (Å²) >= 11 is 0. The van der Waals surface area contributed by atoms with Crippen LogP contribution in [0.15, 0.2) is 18.2 Å². The van der Waals surface area contributed by atoms with Gasteiger partial charge in [-0.25, -0.2) is 0 Å². The lowest BCUT2D eigenvalue weighted by Gasteiger charge is -2.25. The number of fused-ring (bicyclic) bond motifs is 1. The minimum absolute atomic E-state index is 0.663. The summed E-state index contributed by atoms with van der Waals surface area (Å²) in [6.45, 7) is 6.94. The van der Waals surface area contributed by atoms with Crippen molar-refractivity contribution in [2.45, 2.75) is 32.3 Å². The molecule has 1 aliphatic rings. The number of nitrogens with one attached hydrogen (secondary N) is 1. The first-order valence-corrected chi connectivity index (χ1v) is 6.97. The molecule has 4 heteroatoms. The maximum absolute atomic E-state index is 10.5. The summed E-state index contributed by atoms with van der Waals surface area (Å²) in [5.74, 6) is 1.50. The van der Waals surface area contributed by atoms with Gasteiger partial charge in [0.15, 0.2) is 11.5 Å². The third kappa shape index (κ3) is 3.61. The van der Waals surface area contributed by atoms with Gasteiger partial charge in [-0.15, -0.1) is 0 Å². The molecule has 0 amide bonds. The molecule has 0 spiro atoms. The molecule has 0 radical (unpaired) electrons. The Morgan fingerprint density at radius 2 is 2.00 bits per heavy atom.